The number of hydrogen-bond acceptors (Lipinski definition) is 4. The lowest BCUT2D eigenvalue weighted by atomic mass is 10.1. The quantitative estimate of drug-likeness (QED) is 0.881. The molecule has 104 valence electrons. The van der Waals surface area contributed by atoms with E-state index in [1.807, 2.05) is 13.8 Å². The first kappa shape index (κ1) is 13.8. The van der Waals surface area contributed by atoms with Crippen LogP contribution in [0.1, 0.15) is 19.4 Å². The van der Waals surface area contributed by atoms with E-state index < -0.39 is 11.8 Å². The van der Waals surface area contributed by atoms with Crippen LogP contribution in [-0.2, 0) is 20.7 Å². The van der Waals surface area contributed by atoms with Crippen LogP contribution < -0.4 is 4.74 Å². The molecule has 1 saturated heterocycles. The summed E-state index contributed by atoms with van der Waals surface area (Å²) in [5, 5.41) is 8.67. The van der Waals surface area contributed by atoms with Gasteiger partial charge >= 0.3 is 5.97 Å². The Labute approximate surface area is 112 Å². The van der Waals surface area contributed by atoms with Crippen LogP contribution in [0.3, 0.4) is 0 Å². The van der Waals surface area contributed by atoms with Crippen molar-refractivity contribution >= 4 is 5.97 Å². The molecule has 0 amide bonds. The highest BCUT2D eigenvalue weighted by Crippen LogP contribution is 2.23. The molecule has 1 atom stereocenters. The van der Waals surface area contributed by atoms with Gasteiger partial charge in [-0.3, -0.25) is 4.79 Å². The standard InChI is InChI=1S/C14H18O5/c1-14(2)18-9-12(19-14)8-17-11-5-3-10(4-6-11)7-13(15)16/h3-6,12H,7-9H2,1-2H3,(H,15,16). The predicted octanol–water partition coefficient (Wildman–Crippen LogP) is 1.84. The van der Waals surface area contributed by atoms with Gasteiger partial charge in [0.25, 0.3) is 0 Å². The molecule has 1 fully saturated rings. The van der Waals surface area contributed by atoms with E-state index in [1.54, 1.807) is 24.3 Å². The van der Waals surface area contributed by atoms with Gasteiger partial charge in [-0.1, -0.05) is 12.1 Å². The first-order valence-corrected chi connectivity index (χ1v) is 6.20. The highest BCUT2D eigenvalue weighted by Gasteiger charge is 2.32. The molecule has 5 heteroatoms. The zero-order valence-electron chi connectivity index (χ0n) is 11.1. The number of hydrogen-bond donors (Lipinski definition) is 1. The Morgan fingerprint density at radius 1 is 1.42 bits per heavy atom. The third kappa shape index (κ3) is 4.22. The Kier molecular flexibility index (Phi) is 4.07. The molecule has 1 aliphatic rings. The number of aliphatic carboxylic acids is 1. The van der Waals surface area contributed by atoms with Gasteiger partial charge in [-0.25, -0.2) is 0 Å². The van der Waals surface area contributed by atoms with Crippen LogP contribution >= 0.6 is 0 Å². The van der Waals surface area contributed by atoms with E-state index in [2.05, 4.69) is 0 Å². The maximum atomic E-state index is 10.6. The lowest BCUT2D eigenvalue weighted by molar-refractivity contribution is -0.141. The van der Waals surface area contributed by atoms with Crippen LogP contribution in [0.2, 0.25) is 0 Å². The minimum atomic E-state index is -0.840. The second-order valence-electron chi connectivity index (χ2n) is 4.98. The first-order valence-electron chi connectivity index (χ1n) is 6.20. The molecule has 0 bridgehead atoms. The maximum absolute atomic E-state index is 10.6. The monoisotopic (exact) mass is 266 g/mol. The van der Waals surface area contributed by atoms with E-state index in [9.17, 15) is 4.79 Å². The minimum absolute atomic E-state index is 0.0219. The zero-order valence-corrected chi connectivity index (χ0v) is 11.1. The molecule has 1 aromatic rings. The minimum Gasteiger partial charge on any atom is -0.491 e. The van der Waals surface area contributed by atoms with E-state index in [0.717, 1.165) is 5.56 Å². The van der Waals surface area contributed by atoms with E-state index in [0.29, 0.717) is 19.0 Å². The van der Waals surface area contributed by atoms with Gasteiger partial charge < -0.3 is 19.3 Å². The highest BCUT2D eigenvalue weighted by atomic mass is 16.7. The molecule has 19 heavy (non-hydrogen) atoms. The summed E-state index contributed by atoms with van der Waals surface area (Å²) in [6.45, 7) is 4.67. The van der Waals surface area contributed by atoms with E-state index in [-0.39, 0.29) is 12.5 Å². The van der Waals surface area contributed by atoms with Gasteiger partial charge in [0.1, 0.15) is 18.5 Å². The lowest BCUT2D eigenvalue weighted by Crippen LogP contribution is -2.25. The Hall–Kier alpha value is -1.59. The second kappa shape index (κ2) is 5.59. The third-order valence-electron chi connectivity index (χ3n) is 2.78. The van der Waals surface area contributed by atoms with Crippen molar-refractivity contribution in [3.05, 3.63) is 29.8 Å². The molecule has 1 N–H and O–H groups in total. The fraction of sp³-hybridized carbons (Fsp3) is 0.500. The van der Waals surface area contributed by atoms with Gasteiger partial charge in [0.2, 0.25) is 0 Å². The lowest BCUT2D eigenvalue weighted by Gasteiger charge is -2.17. The number of carboxylic acid groups (broad SMARTS) is 1. The van der Waals surface area contributed by atoms with Crippen molar-refractivity contribution in [2.75, 3.05) is 13.2 Å². The Morgan fingerprint density at radius 2 is 2.11 bits per heavy atom. The summed E-state index contributed by atoms with van der Waals surface area (Å²) in [7, 11) is 0. The molecule has 0 aromatic heterocycles. The van der Waals surface area contributed by atoms with Crippen molar-refractivity contribution in [2.45, 2.75) is 32.2 Å². The summed E-state index contributed by atoms with van der Waals surface area (Å²) in [6.07, 6.45) is -0.0534. The normalized spacial score (nSPS) is 21.3. The zero-order chi connectivity index (χ0) is 13.9. The first-order chi connectivity index (χ1) is 8.94. The van der Waals surface area contributed by atoms with Crippen molar-refractivity contribution < 1.29 is 24.1 Å². The van der Waals surface area contributed by atoms with Gasteiger partial charge in [0.15, 0.2) is 5.79 Å². The Balaban J connectivity index is 1.82. The largest absolute Gasteiger partial charge is 0.491 e. The molecule has 1 unspecified atom stereocenters. The van der Waals surface area contributed by atoms with Crippen LogP contribution in [0.4, 0.5) is 0 Å². The average Bonchev–Trinajstić information content (AvgIpc) is 2.67. The summed E-state index contributed by atoms with van der Waals surface area (Å²) in [6, 6.07) is 7.03. The molecular formula is C14H18O5. The second-order valence-corrected chi connectivity index (χ2v) is 4.98. The SMILES string of the molecule is CC1(C)OCC(COc2ccc(CC(=O)O)cc2)O1. The molecule has 0 aliphatic carbocycles. The molecular weight excluding hydrogens is 248 g/mol. The number of carbonyl (C=O) groups is 1. The van der Waals surface area contributed by atoms with Gasteiger partial charge in [-0.2, -0.15) is 0 Å². The molecule has 0 saturated carbocycles. The number of carboxylic acids is 1. The van der Waals surface area contributed by atoms with Gasteiger partial charge in [0.05, 0.1) is 13.0 Å². The van der Waals surface area contributed by atoms with Crippen LogP contribution in [0, 0.1) is 0 Å². The smallest absolute Gasteiger partial charge is 0.307 e. The fourth-order valence-corrected chi connectivity index (χ4v) is 1.91. The number of rotatable bonds is 5. The van der Waals surface area contributed by atoms with Crippen molar-refractivity contribution in [3.63, 3.8) is 0 Å². The molecule has 0 spiro atoms. The van der Waals surface area contributed by atoms with Crippen LogP contribution in [0.25, 0.3) is 0 Å². The topological polar surface area (TPSA) is 65.0 Å². The van der Waals surface area contributed by atoms with Gasteiger partial charge in [-0.05, 0) is 31.5 Å². The Bertz CT molecular complexity index is 438. The fourth-order valence-electron chi connectivity index (χ4n) is 1.91. The van der Waals surface area contributed by atoms with E-state index in [4.69, 9.17) is 19.3 Å². The molecule has 5 nitrogen and oxygen atoms in total. The van der Waals surface area contributed by atoms with Crippen molar-refractivity contribution in [1.82, 2.24) is 0 Å². The van der Waals surface area contributed by atoms with E-state index in [1.165, 1.54) is 0 Å². The molecule has 0 radical (unpaired) electrons. The molecule has 1 aromatic carbocycles. The predicted molar refractivity (Wildman–Crippen MR) is 68.2 cm³/mol. The molecule has 1 aliphatic heterocycles. The van der Waals surface area contributed by atoms with Crippen molar-refractivity contribution in [2.24, 2.45) is 0 Å². The highest BCUT2D eigenvalue weighted by molar-refractivity contribution is 5.70. The van der Waals surface area contributed by atoms with Gasteiger partial charge in [0, 0.05) is 0 Å². The maximum Gasteiger partial charge on any atom is 0.307 e. The van der Waals surface area contributed by atoms with Crippen LogP contribution in [-0.4, -0.2) is 36.2 Å². The van der Waals surface area contributed by atoms with Gasteiger partial charge in [-0.15, -0.1) is 0 Å². The van der Waals surface area contributed by atoms with E-state index >= 15 is 0 Å². The summed E-state index contributed by atoms with van der Waals surface area (Å²) in [5.74, 6) is -0.686. The average molecular weight is 266 g/mol. The number of benzene rings is 1. The van der Waals surface area contributed by atoms with Crippen molar-refractivity contribution in [3.8, 4) is 5.75 Å². The van der Waals surface area contributed by atoms with Crippen molar-refractivity contribution in [1.29, 1.82) is 0 Å². The van der Waals surface area contributed by atoms with Crippen LogP contribution in [0.5, 0.6) is 5.75 Å². The summed E-state index contributed by atoms with van der Waals surface area (Å²) in [5.41, 5.74) is 0.751. The van der Waals surface area contributed by atoms with Crippen LogP contribution in [0.15, 0.2) is 24.3 Å². The molecule has 2 rings (SSSR count). The third-order valence-corrected chi connectivity index (χ3v) is 2.78. The summed E-state index contributed by atoms with van der Waals surface area (Å²) >= 11 is 0. The summed E-state index contributed by atoms with van der Waals surface area (Å²) < 4.78 is 16.6. The number of ether oxygens (including phenoxy) is 3. The Morgan fingerprint density at radius 3 is 2.63 bits per heavy atom. The summed E-state index contributed by atoms with van der Waals surface area (Å²) in [4.78, 5) is 10.6. The molecule has 1 heterocycles.